The van der Waals surface area contributed by atoms with Crippen LogP contribution in [-0.2, 0) is 6.54 Å². The molecule has 0 bridgehead atoms. The summed E-state index contributed by atoms with van der Waals surface area (Å²) >= 11 is 6.17. The molecule has 19 heavy (non-hydrogen) atoms. The number of benzene rings is 1. The van der Waals surface area contributed by atoms with E-state index in [0.29, 0.717) is 5.02 Å². The summed E-state index contributed by atoms with van der Waals surface area (Å²) in [7, 11) is 0. The van der Waals surface area contributed by atoms with Gasteiger partial charge in [0.05, 0.1) is 5.56 Å². The van der Waals surface area contributed by atoms with Crippen molar-refractivity contribution in [3.8, 4) is 0 Å². The Morgan fingerprint density at radius 3 is 2.68 bits per heavy atom. The van der Waals surface area contributed by atoms with Gasteiger partial charge in [-0.05, 0) is 43.0 Å². The number of carboxylic acids is 1. The average molecular weight is 282 g/mol. The van der Waals surface area contributed by atoms with E-state index < -0.39 is 5.97 Å². The van der Waals surface area contributed by atoms with Crippen LogP contribution >= 0.6 is 11.6 Å². The van der Waals surface area contributed by atoms with Gasteiger partial charge < -0.3 is 5.11 Å². The number of carboxylic acid groups (broad SMARTS) is 1. The summed E-state index contributed by atoms with van der Waals surface area (Å²) in [4.78, 5) is 13.2. The second-order valence-corrected chi connectivity index (χ2v) is 5.64. The Morgan fingerprint density at radius 2 is 2.21 bits per heavy atom. The molecule has 1 aromatic carbocycles. The Morgan fingerprint density at radius 1 is 1.47 bits per heavy atom. The van der Waals surface area contributed by atoms with E-state index in [4.69, 9.17) is 16.7 Å². The molecular formula is C15H20ClNO2. The molecule has 3 nitrogen and oxygen atoms in total. The van der Waals surface area contributed by atoms with Crippen molar-refractivity contribution in [3.63, 3.8) is 0 Å². The van der Waals surface area contributed by atoms with Crippen molar-refractivity contribution in [1.82, 2.24) is 4.90 Å². The predicted octanol–water partition coefficient (Wildman–Crippen LogP) is 3.66. The molecule has 0 heterocycles. The van der Waals surface area contributed by atoms with Crippen LogP contribution in [-0.4, -0.2) is 29.1 Å². The minimum Gasteiger partial charge on any atom is -0.478 e. The Bertz CT molecular complexity index is 457. The third-order valence-electron chi connectivity index (χ3n) is 3.88. The standard InChI is InChI=1S/C15H20ClNO2/c1-2-17(9-11-4-3-5-11)10-13-7-6-12(15(18)19)8-14(13)16/h6-8,11H,2-5,9-10H2,1H3,(H,18,19). The molecule has 0 aromatic heterocycles. The molecule has 4 heteroatoms. The normalized spacial score (nSPS) is 15.5. The summed E-state index contributed by atoms with van der Waals surface area (Å²) in [6, 6.07) is 4.99. The van der Waals surface area contributed by atoms with Crippen molar-refractivity contribution >= 4 is 17.6 Å². The van der Waals surface area contributed by atoms with E-state index >= 15 is 0 Å². The third-order valence-corrected chi connectivity index (χ3v) is 4.23. The van der Waals surface area contributed by atoms with Crippen molar-refractivity contribution in [2.75, 3.05) is 13.1 Å². The van der Waals surface area contributed by atoms with Gasteiger partial charge in [0.2, 0.25) is 0 Å². The Hall–Kier alpha value is -1.06. The second-order valence-electron chi connectivity index (χ2n) is 5.24. The maximum absolute atomic E-state index is 10.9. The van der Waals surface area contributed by atoms with Gasteiger partial charge in [0, 0.05) is 18.1 Å². The molecular weight excluding hydrogens is 262 g/mol. The fraction of sp³-hybridized carbons (Fsp3) is 0.533. The molecule has 2 rings (SSSR count). The van der Waals surface area contributed by atoms with E-state index in [1.54, 1.807) is 6.07 Å². The number of hydrogen-bond acceptors (Lipinski definition) is 2. The SMILES string of the molecule is CCN(Cc1ccc(C(=O)O)cc1Cl)CC1CCC1. The summed E-state index contributed by atoms with van der Waals surface area (Å²) < 4.78 is 0. The summed E-state index contributed by atoms with van der Waals surface area (Å²) in [6.07, 6.45) is 4.03. The van der Waals surface area contributed by atoms with Gasteiger partial charge in [-0.1, -0.05) is 31.0 Å². The first-order valence-electron chi connectivity index (χ1n) is 6.84. The quantitative estimate of drug-likeness (QED) is 0.865. The minimum atomic E-state index is -0.935. The molecule has 1 fully saturated rings. The minimum absolute atomic E-state index is 0.246. The Labute approximate surface area is 119 Å². The van der Waals surface area contributed by atoms with Crippen molar-refractivity contribution < 1.29 is 9.90 Å². The first kappa shape index (κ1) is 14.4. The van der Waals surface area contributed by atoms with Gasteiger partial charge in [-0.15, -0.1) is 0 Å². The zero-order valence-electron chi connectivity index (χ0n) is 11.2. The maximum atomic E-state index is 10.9. The average Bonchev–Trinajstić information content (AvgIpc) is 2.33. The summed E-state index contributed by atoms with van der Waals surface area (Å²) in [5.74, 6) is -0.104. The van der Waals surface area contributed by atoms with E-state index in [1.165, 1.54) is 25.3 Å². The molecule has 1 aliphatic rings. The number of halogens is 1. The summed E-state index contributed by atoms with van der Waals surface area (Å²) in [6.45, 7) is 5.06. The highest BCUT2D eigenvalue weighted by Crippen LogP contribution is 2.28. The van der Waals surface area contributed by atoms with Crippen LogP contribution in [0.15, 0.2) is 18.2 Å². The zero-order chi connectivity index (χ0) is 13.8. The number of rotatable bonds is 6. The van der Waals surface area contributed by atoms with Gasteiger partial charge in [0.25, 0.3) is 0 Å². The lowest BCUT2D eigenvalue weighted by Gasteiger charge is -2.32. The highest BCUT2D eigenvalue weighted by molar-refractivity contribution is 6.31. The van der Waals surface area contributed by atoms with Crippen molar-refractivity contribution in [2.24, 2.45) is 5.92 Å². The summed E-state index contributed by atoms with van der Waals surface area (Å²) in [5.41, 5.74) is 1.25. The highest BCUT2D eigenvalue weighted by Gasteiger charge is 2.20. The highest BCUT2D eigenvalue weighted by atomic mass is 35.5. The number of carbonyl (C=O) groups is 1. The number of aromatic carboxylic acids is 1. The first-order valence-corrected chi connectivity index (χ1v) is 7.22. The van der Waals surface area contributed by atoms with Gasteiger partial charge in [0.15, 0.2) is 0 Å². The van der Waals surface area contributed by atoms with Gasteiger partial charge in [-0.3, -0.25) is 4.90 Å². The van der Waals surface area contributed by atoms with Crippen LogP contribution in [0.2, 0.25) is 5.02 Å². The molecule has 1 N–H and O–H groups in total. The molecule has 0 unspecified atom stereocenters. The molecule has 0 amide bonds. The predicted molar refractivity (Wildman–Crippen MR) is 76.7 cm³/mol. The lowest BCUT2D eigenvalue weighted by Crippen LogP contribution is -2.32. The van der Waals surface area contributed by atoms with Gasteiger partial charge in [-0.2, -0.15) is 0 Å². The van der Waals surface area contributed by atoms with Gasteiger partial charge in [-0.25, -0.2) is 4.79 Å². The Kier molecular flexibility index (Phi) is 4.83. The van der Waals surface area contributed by atoms with Crippen molar-refractivity contribution in [1.29, 1.82) is 0 Å². The van der Waals surface area contributed by atoms with E-state index in [2.05, 4.69) is 11.8 Å². The van der Waals surface area contributed by atoms with Crippen molar-refractivity contribution in [2.45, 2.75) is 32.7 Å². The van der Waals surface area contributed by atoms with Gasteiger partial charge in [0.1, 0.15) is 0 Å². The molecule has 1 aromatic rings. The van der Waals surface area contributed by atoms with Crippen LogP contribution in [0.5, 0.6) is 0 Å². The summed E-state index contributed by atoms with van der Waals surface area (Å²) in [5, 5.41) is 9.47. The number of nitrogens with zero attached hydrogens (tertiary/aromatic N) is 1. The molecule has 1 saturated carbocycles. The van der Waals surface area contributed by atoms with E-state index in [1.807, 2.05) is 6.07 Å². The molecule has 1 aliphatic carbocycles. The lowest BCUT2D eigenvalue weighted by molar-refractivity contribution is 0.0697. The van der Waals surface area contributed by atoms with E-state index in [9.17, 15) is 4.79 Å². The van der Waals surface area contributed by atoms with Gasteiger partial charge >= 0.3 is 5.97 Å². The smallest absolute Gasteiger partial charge is 0.335 e. The Balaban J connectivity index is 2.01. The monoisotopic (exact) mass is 281 g/mol. The first-order chi connectivity index (χ1) is 9.10. The molecule has 0 radical (unpaired) electrons. The van der Waals surface area contributed by atoms with Crippen LogP contribution in [0.25, 0.3) is 0 Å². The van der Waals surface area contributed by atoms with Crippen LogP contribution in [0.1, 0.15) is 42.1 Å². The van der Waals surface area contributed by atoms with Crippen LogP contribution in [0.4, 0.5) is 0 Å². The van der Waals surface area contributed by atoms with Crippen LogP contribution < -0.4 is 0 Å². The third kappa shape index (κ3) is 3.71. The topological polar surface area (TPSA) is 40.5 Å². The van der Waals surface area contributed by atoms with E-state index in [0.717, 1.165) is 31.1 Å². The zero-order valence-corrected chi connectivity index (χ0v) is 12.0. The van der Waals surface area contributed by atoms with Crippen LogP contribution in [0.3, 0.4) is 0 Å². The molecule has 0 aliphatic heterocycles. The molecule has 104 valence electrons. The second kappa shape index (κ2) is 6.40. The molecule has 0 atom stereocenters. The number of hydrogen-bond donors (Lipinski definition) is 1. The fourth-order valence-corrected chi connectivity index (χ4v) is 2.64. The van der Waals surface area contributed by atoms with Crippen molar-refractivity contribution in [3.05, 3.63) is 34.3 Å². The van der Waals surface area contributed by atoms with Crippen LogP contribution in [0, 0.1) is 5.92 Å². The largest absolute Gasteiger partial charge is 0.478 e. The fourth-order valence-electron chi connectivity index (χ4n) is 2.40. The molecule has 0 saturated heterocycles. The maximum Gasteiger partial charge on any atom is 0.335 e. The van der Waals surface area contributed by atoms with E-state index in [-0.39, 0.29) is 5.56 Å². The molecule has 0 spiro atoms. The lowest BCUT2D eigenvalue weighted by atomic mass is 9.85.